The molecule has 0 aliphatic carbocycles. The summed E-state index contributed by atoms with van der Waals surface area (Å²) in [5.41, 5.74) is 0.943. The zero-order chi connectivity index (χ0) is 13.5. The predicted molar refractivity (Wildman–Crippen MR) is 73.7 cm³/mol. The van der Waals surface area contributed by atoms with Crippen LogP contribution in [0, 0.1) is 0 Å². The third-order valence-corrected chi connectivity index (χ3v) is 2.98. The third kappa shape index (κ3) is 4.37. The van der Waals surface area contributed by atoms with Gasteiger partial charge in [0.15, 0.2) is 12.4 Å². The summed E-state index contributed by atoms with van der Waals surface area (Å²) in [6.45, 7) is 0.106. The first-order valence-corrected chi connectivity index (χ1v) is 6.47. The molecule has 5 heteroatoms. The molecule has 0 atom stereocenters. The van der Waals surface area contributed by atoms with Gasteiger partial charge in [-0.15, -0.1) is 0 Å². The van der Waals surface area contributed by atoms with Gasteiger partial charge < -0.3 is 9.47 Å². The Morgan fingerprint density at radius 2 is 2.00 bits per heavy atom. The van der Waals surface area contributed by atoms with Crippen LogP contribution in [-0.2, 0) is 16.1 Å². The number of pyridine rings is 1. The normalized spacial score (nSPS) is 9.95. The average Bonchev–Trinajstić information content (AvgIpc) is 2.45. The molecule has 2 aromatic rings. The van der Waals surface area contributed by atoms with Gasteiger partial charge in [-0.2, -0.15) is 0 Å². The van der Waals surface area contributed by atoms with Crippen molar-refractivity contribution in [3.05, 3.63) is 58.8 Å². The lowest BCUT2D eigenvalue weighted by Gasteiger charge is -2.07. The van der Waals surface area contributed by atoms with E-state index in [-0.39, 0.29) is 13.2 Å². The molecule has 0 bridgehead atoms. The Morgan fingerprint density at radius 3 is 2.74 bits per heavy atom. The molecule has 0 N–H and O–H groups in total. The van der Waals surface area contributed by atoms with Gasteiger partial charge in [-0.1, -0.05) is 30.3 Å². The van der Waals surface area contributed by atoms with Crippen molar-refractivity contribution in [2.75, 3.05) is 6.61 Å². The van der Waals surface area contributed by atoms with E-state index in [1.807, 2.05) is 30.3 Å². The Kier molecular flexibility index (Phi) is 4.92. The number of hydrogen-bond acceptors (Lipinski definition) is 4. The lowest BCUT2D eigenvalue weighted by atomic mass is 10.2. The molecule has 19 heavy (non-hydrogen) atoms. The molecule has 1 aromatic heterocycles. The smallest absolute Gasteiger partial charge is 0.344 e. The van der Waals surface area contributed by atoms with E-state index in [1.165, 1.54) is 6.20 Å². The molecular formula is C14H12BrNO3. The van der Waals surface area contributed by atoms with Crippen LogP contribution in [0.4, 0.5) is 0 Å². The Labute approximate surface area is 119 Å². The summed E-state index contributed by atoms with van der Waals surface area (Å²) in [6, 6.07) is 11.2. The largest absolute Gasteiger partial charge is 0.479 e. The van der Waals surface area contributed by atoms with E-state index in [0.29, 0.717) is 5.75 Å². The zero-order valence-corrected chi connectivity index (χ0v) is 11.7. The summed E-state index contributed by atoms with van der Waals surface area (Å²) in [5, 5.41) is 0. The fraction of sp³-hybridized carbons (Fsp3) is 0.143. The standard InChI is InChI=1S/C14H12BrNO3/c15-12-6-7-16-8-13(12)18-10-14(17)19-9-11-4-2-1-3-5-11/h1-8H,9-10H2. The maximum Gasteiger partial charge on any atom is 0.344 e. The minimum atomic E-state index is -0.417. The second kappa shape index (κ2) is 6.89. The van der Waals surface area contributed by atoms with Gasteiger partial charge in [0.2, 0.25) is 0 Å². The van der Waals surface area contributed by atoms with Gasteiger partial charge in [0.25, 0.3) is 0 Å². The third-order valence-electron chi connectivity index (χ3n) is 2.32. The number of aromatic nitrogens is 1. The highest BCUT2D eigenvalue weighted by Crippen LogP contribution is 2.22. The summed E-state index contributed by atoms with van der Waals surface area (Å²) >= 11 is 3.30. The van der Waals surface area contributed by atoms with E-state index in [2.05, 4.69) is 20.9 Å². The van der Waals surface area contributed by atoms with Crippen molar-refractivity contribution in [3.63, 3.8) is 0 Å². The number of esters is 1. The van der Waals surface area contributed by atoms with Crippen molar-refractivity contribution in [1.29, 1.82) is 0 Å². The average molecular weight is 322 g/mol. The van der Waals surface area contributed by atoms with Crippen LogP contribution < -0.4 is 4.74 Å². The highest BCUT2D eigenvalue weighted by Gasteiger charge is 2.06. The van der Waals surface area contributed by atoms with Gasteiger partial charge in [-0.3, -0.25) is 4.98 Å². The van der Waals surface area contributed by atoms with Crippen LogP contribution >= 0.6 is 15.9 Å². The Balaban J connectivity index is 1.78. The lowest BCUT2D eigenvalue weighted by molar-refractivity contribution is -0.147. The molecule has 0 fully saturated rings. The van der Waals surface area contributed by atoms with Gasteiger partial charge >= 0.3 is 5.97 Å². The number of ether oxygens (including phenoxy) is 2. The van der Waals surface area contributed by atoms with E-state index in [9.17, 15) is 4.79 Å². The second-order valence-electron chi connectivity index (χ2n) is 3.74. The molecule has 1 heterocycles. The fourth-order valence-corrected chi connectivity index (χ4v) is 1.72. The summed E-state index contributed by atoms with van der Waals surface area (Å²) in [4.78, 5) is 15.4. The van der Waals surface area contributed by atoms with E-state index < -0.39 is 5.97 Å². The van der Waals surface area contributed by atoms with Crippen LogP contribution in [0.25, 0.3) is 0 Å². The maximum absolute atomic E-state index is 11.5. The van der Waals surface area contributed by atoms with Crippen molar-refractivity contribution < 1.29 is 14.3 Å². The van der Waals surface area contributed by atoms with Crippen LogP contribution in [0.15, 0.2) is 53.3 Å². The fourth-order valence-electron chi connectivity index (χ4n) is 1.39. The number of carbonyl (C=O) groups is 1. The highest BCUT2D eigenvalue weighted by molar-refractivity contribution is 9.10. The number of rotatable bonds is 5. The Bertz CT molecular complexity index is 545. The molecule has 0 saturated heterocycles. The van der Waals surface area contributed by atoms with Crippen LogP contribution in [0.1, 0.15) is 5.56 Å². The molecule has 0 saturated carbocycles. The SMILES string of the molecule is O=C(COc1cnccc1Br)OCc1ccccc1. The molecule has 0 aliphatic heterocycles. The first kappa shape index (κ1) is 13.5. The predicted octanol–water partition coefficient (Wildman–Crippen LogP) is 2.97. The maximum atomic E-state index is 11.5. The molecule has 1 aromatic carbocycles. The van der Waals surface area contributed by atoms with Crippen molar-refractivity contribution in [2.45, 2.75) is 6.61 Å². The van der Waals surface area contributed by atoms with E-state index in [4.69, 9.17) is 9.47 Å². The Hall–Kier alpha value is -1.88. The minimum Gasteiger partial charge on any atom is -0.479 e. The van der Waals surface area contributed by atoms with Crippen LogP contribution in [-0.4, -0.2) is 17.6 Å². The summed E-state index contributed by atoms with van der Waals surface area (Å²) in [6.07, 6.45) is 3.17. The molecule has 0 spiro atoms. The molecule has 0 aliphatic rings. The summed E-state index contributed by atoms with van der Waals surface area (Å²) in [7, 11) is 0. The summed E-state index contributed by atoms with van der Waals surface area (Å²) < 4.78 is 11.1. The summed E-state index contributed by atoms with van der Waals surface area (Å²) in [5.74, 6) is 0.0961. The quantitative estimate of drug-likeness (QED) is 0.794. The van der Waals surface area contributed by atoms with E-state index in [0.717, 1.165) is 10.0 Å². The van der Waals surface area contributed by atoms with Gasteiger partial charge in [0.1, 0.15) is 6.61 Å². The molecular weight excluding hydrogens is 310 g/mol. The first-order chi connectivity index (χ1) is 9.25. The number of benzene rings is 1. The minimum absolute atomic E-state index is 0.142. The van der Waals surface area contributed by atoms with Gasteiger partial charge in [-0.25, -0.2) is 4.79 Å². The zero-order valence-electron chi connectivity index (χ0n) is 10.1. The number of halogens is 1. The van der Waals surface area contributed by atoms with Crippen LogP contribution in [0.2, 0.25) is 0 Å². The van der Waals surface area contributed by atoms with Gasteiger partial charge in [0.05, 0.1) is 10.7 Å². The molecule has 4 nitrogen and oxygen atoms in total. The van der Waals surface area contributed by atoms with Crippen LogP contribution in [0.3, 0.4) is 0 Å². The molecule has 2 rings (SSSR count). The van der Waals surface area contributed by atoms with Crippen molar-refractivity contribution >= 4 is 21.9 Å². The van der Waals surface area contributed by atoms with Gasteiger partial charge in [-0.05, 0) is 27.6 Å². The van der Waals surface area contributed by atoms with E-state index >= 15 is 0 Å². The number of carbonyl (C=O) groups excluding carboxylic acids is 1. The van der Waals surface area contributed by atoms with Gasteiger partial charge in [0, 0.05) is 6.20 Å². The first-order valence-electron chi connectivity index (χ1n) is 5.67. The van der Waals surface area contributed by atoms with Crippen molar-refractivity contribution in [2.24, 2.45) is 0 Å². The second-order valence-corrected chi connectivity index (χ2v) is 4.60. The van der Waals surface area contributed by atoms with Crippen molar-refractivity contribution in [1.82, 2.24) is 4.98 Å². The highest BCUT2D eigenvalue weighted by atomic mass is 79.9. The molecule has 98 valence electrons. The van der Waals surface area contributed by atoms with Crippen LogP contribution in [0.5, 0.6) is 5.75 Å². The molecule has 0 unspecified atom stereocenters. The van der Waals surface area contributed by atoms with E-state index in [1.54, 1.807) is 12.3 Å². The monoisotopic (exact) mass is 321 g/mol. The number of nitrogens with zero attached hydrogens (tertiary/aromatic N) is 1. The number of hydrogen-bond donors (Lipinski definition) is 0. The Morgan fingerprint density at radius 1 is 1.21 bits per heavy atom. The topological polar surface area (TPSA) is 48.4 Å². The molecule has 0 amide bonds. The van der Waals surface area contributed by atoms with Crippen molar-refractivity contribution in [3.8, 4) is 5.75 Å². The molecule has 0 radical (unpaired) electrons. The lowest BCUT2D eigenvalue weighted by Crippen LogP contribution is -2.15.